The molecule has 1 aliphatic heterocycles. The molecular weight excluding hydrogens is 380 g/mol. The van der Waals surface area contributed by atoms with E-state index in [2.05, 4.69) is 50.4 Å². The zero-order chi connectivity index (χ0) is 19.9. The topological polar surface area (TPSA) is 48.5 Å². The number of carbonyl (C=O) groups is 1. The van der Waals surface area contributed by atoms with E-state index in [1.165, 1.54) is 5.56 Å². The van der Waals surface area contributed by atoms with Crippen molar-refractivity contribution in [1.29, 1.82) is 0 Å². The van der Waals surface area contributed by atoms with Crippen LogP contribution in [0.1, 0.15) is 22.2 Å². The molecule has 0 aliphatic carbocycles. The Morgan fingerprint density at radius 2 is 1.62 bits per heavy atom. The quantitative estimate of drug-likeness (QED) is 0.655. The van der Waals surface area contributed by atoms with E-state index in [0.717, 1.165) is 43.3 Å². The summed E-state index contributed by atoms with van der Waals surface area (Å²) in [7, 11) is 0. The van der Waals surface area contributed by atoms with Gasteiger partial charge in [-0.15, -0.1) is 11.3 Å². The van der Waals surface area contributed by atoms with Gasteiger partial charge in [-0.3, -0.25) is 14.6 Å². The summed E-state index contributed by atoms with van der Waals surface area (Å²) >= 11 is 1.57. The van der Waals surface area contributed by atoms with Crippen LogP contribution in [0.3, 0.4) is 0 Å². The van der Waals surface area contributed by atoms with E-state index in [1.54, 1.807) is 17.5 Å². The SMILES string of the molecule is O=C(CN1CCN(Cc2ccccc2)CC1)NC(c1ccccc1)c1nccs1. The fourth-order valence-corrected chi connectivity index (χ4v) is 4.38. The number of nitrogens with zero attached hydrogens (tertiary/aromatic N) is 3. The van der Waals surface area contributed by atoms with Gasteiger partial charge in [-0.05, 0) is 11.1 Å². The molecule has 2 heterocycles. The average molecular weight is 407 g/mol. The summed E-state index contributed by atoms with van der Waals surface area (Å²) in [6.45, 7) is 5.18. The molecule has 1 saturated heterocycles. The lowest BCUT2D eigenvalue weighted by atomic mass is 10.1. The summed E-state index contributed by atoms with van der Waals surface area (Å²) < 4.78 is 0. The Morgan fingerprint density at radius 3 is 2.28 bits per heavy atom. The van der Waals surface area contributed by atoms with Crippen molar-refractivity contribution in [2.24, 2.45) is 0 Å². The maximum absolute atomic E-state index is 12.8. The lowest BCUT2D eigenvalue weighted by molar-refractivity contribution is -0.123. The zero-order valence-corrected chi connectivity index (χ0v) is 17.2. The molecule has 0 radical (unpaired) electrons. The molecule has 1 atom stereocenters. The van der Waals surface area contributed by atoms with Crippen molar-refractivity contribution in [3.05, 3.63) is 88.4 Å². The fourth-order valence-electron chi connectivity index (χ4n) is 3.67. The average Bonchev–Trinajstić information content (AvgIpc) is 3.29. The van der Waals surface area contributed by atoms with Crippen LogP contribution in [0.15, 0.2) is 72.2 Å². The van der Waals surface area contributed by atoms with Crippen LogP contribution in [0, 0.1) is 0 Å². The highest BCUT2D eigenvalue weighted by Gasteiger charge is 2.23. The number of carbonyl (C=O) groups excluding carboxylic acids is 1. The Kier molecular flexibility index (Phi) is 6.67. The summed E-state index contributed by atoms with van der Waals surface area (Å²) in [6, 6.07) is 20.4. The van der Waals surface area contributed by atoms with Gasteiger partial charge in [0.05, 0.1) is 6.54 Å². The van der Waals surface area contributed by atoms with Crippen LogP contribution < -0.4 is 5.32 Å². The number of amides is 1. The maximum atomic E-state index is 12.8. The fraction of sp³-hybridized carbons (Fsp3) is 0.304. The number of piperazine rings is 1. The van der Waals surface area contributed by atoms with Crippen molar-refractivity contribution < 1.29 is 4.79 Å². The summed E-state index contributed by atoms with van der Waals surface area (Å²) in [4.78, 5) is 21.9. The molecule has 0 bridgehead atoms. The second kappa shape index (κ2) is 9.78. The summed E-state index contributed by atoms with van der Waals surface area (Å²) in [5, 5.41) is 6.05. The highest BCUT2D eigenvalue weighted by molar-refractivity contribution is 7.09. The molecule has 1 aromatic heterocycles. The van der Waals surface area contributed by atoms with Crippen LogP contribution in [-0.4, -0.2) is 53.4 Å². The predicted octanol–water partition coefficient (Wildman–Crippen LogP) is 3.17. The molecule has 0 saturated carbocycles. The Bertz CT molecular complexity index is 878. The minimum atomic E-state index is -0.192. The molecule has 5 nitrogen and oxygen atoms in total. The minimum absolute atomic E-state index is 0.0468. The first-order valence-corrected chi connectivity index (χ1v) is 10.9. The van der Waals surface area contributed by atoms with E-state index >= 15 is 0 Å². The van der Waals surface area contributed by atoms with Crippen LogP contribution in [-0.2, 0) is 11.3 Å². The van der Waals surface area contributed by atoms with Gasteiger partial charge in [0, 0.05) is 44.3 Å². The molecule has 29 heavy (non-hydrogen) atoms. The van der Waals surface area contributed by atoms with Crippen molar-refractivity contribution in [2.45, 2.75) is 12.6 Å². The van der Waals surface area contributed by atoms with Crippen LogP contribution in [0.25, 0.3) is 0 Å². The van der Waals surface area contributed by atoms with Gasteiger partial charge in [-0.2, -0.15) is 0 Å². The second-order valence-electron chi connectivity index (χ2n) is 7.32. The Hall–Kier alpha value is -2.54. The molecule has 150 valence electrons. The largest absolute Gasteiger partial charge is 0.342 e. The molecule has 6 heteroatoms. The first kappa shape index (κ1) is 19.8. The highest BCUT2D eigenvalue weighted by Crippen LogP contribution is 2.23. The molecule has 2 aromatic carbocycles. The molecule has 1 aliphatic rings. The molecule has 0 spiro atoms. The van der Waals surface area contributed by atoms with Crippen LogP contribution >= 0.6 is 11.3 Å². The van der Waals surface area contributed by atoms with Gasteiger partial charge in [0.2, 0.25) is 5.91 Å². The van der Waals surface area contributed by atoms with E-state index in [-0.39, 0.29) is 11.9 Å². The number of hydrogen-bond acceptors (Lipinski definition) is 5. The smallest absolute Gasteiger partial charge is 0.235 e. The monoisotopic (exact) mass is 406 g/mol. The Labute approximate surface area is 176 Å². The normalized spacial score (nSPS) is 16.4. The molecule has 1 amide bonds. The van der Waals surface area contributed by atoms with Crippen molar-refractivity contribution in [3.8, 4) is 0 Å². The summed E-state index contributed by atoms with van der Waals surface area (Å²) in [6.07, 6.45) is 1.79. The van der Waals surface area contributed by atoms with Crippen LogP contribution in [0.5, 0.6) is 0 Å². The molecule has 4 rings (SSSR count). The van der Waals surface area contributed by atoms with E-state index in [0.29, 0.717) is 6.54 Å². The van der Waals surface area contributed by atoms with Gasteiger partial charge in [0.1, 0.15) is 11.0 Å². The van der Waals surface area contributed by atoms with E-state index in [1.807, 2.05) is 35.7 Å². The van der Waals surface area contributed by atoms with Gasteiger partial charge in [0.15, 0.2) is 0 Å². The first-order valence-electron chi connectivity index (χ1n) is 10.0. The zero-order valence-electron chi connectivity index (χ0n) is 16.4. The highest BCUT2D eigenvalue weighted by atomic mass is 32.1. The molecular formula is C23H26N4OS. The molecule has 1 fully saturated rings. The maximum Gasteiger partial charge on any atom is 0.235 e. The van der Waals surface area contributed by atoms with Crippen molar-refractivity contribution in [1.82, 2.24) is 20.1 Å². The number of benzene rings is 2. The van der Waals surface area contributed by atoms with Crippen LogP contribution in [0.2, 0.25) is 0 Å². The van der Waals surface area contributed by atoms with Crippen molar-refractivity contribution in [2.75, 3.05) is 32.7 Å². The number of rotatable bonds is 7. The Morgan fingerprint density at radius 1 is 0.966 bits per heavy atom. The third-order valence-corrected chi connectivity index (χ3v) is 6.06. The van der Waals surface area contributed by atoms with E-state index in [4.69, 9.17) is 0 Å². The predicted molar refractivity (Wildman–Crippen MR) is 117 cm³/mol. The summed E-state index contributed by atoms with van der Waals surface area (Å²) in [5.41, 5.74) is 2.40. The lowest BCUT2D eigenvalue weighted by Crippen LogP contribution is -2.49. The minimum Gasteiger partial charge on any atom is -0.342 e. The van der Waals surface area contributed by atoms with Gasteiger partial charge in [-0.25, -0.2) is 4.98 Å². The molecule has 3 aromatic rings. The van der Waals surface area contributed by atoms with Gasteiger partial charge < -0.3 is 5.32 Å². The van der Waals surface area contributed by atoms with E-state index in [9.17, 15) is 4.79 Å². The van der Waals surface area contributed by atoms with Crippen LogP contribution in [0.4, 0.5) is 0 Å². The Balaban J connectivity index is 1.30. The number of nitrogens with one attached hydrogen (secondary N) is 1. The van der Waals surface area contributed by atoms with Gasteiger partial charge in [0.25, 0.3) is 0 Å². The van der Waals surface area contributed by atoms with E-state index < -0.39 is 0 Å². The first-order chi connectivity index (χ1) is 14.3. The third kappa shape index (κ3) is 5.50. The molecule has 1 N–H and O–H groups in total. The number of thiazole rings is 1. The third-order valence-electron chi connectivity index (χ3n) is 5.22. The standard InChI is InChI=1S/C23H26N4OS/c28-21(25-22(23-24-11-16-29-23)20-9-5-2-6-10-20)18-27-14-12-26(13-15-27)17-19-7-3-1-4-8-19/h1-11,16,22H,12-15,17-18H2,(H,25,28). The second-order valence-corrected chi connectivity index (χ2v) is 8.25. The molecule has 1 unspecified atom stereocenters. The number of aromatic nitrogens is 1. The van der Waals surface area contributed by atoms with Crippen molar-refractivity contribution >= 4 is 17.2 Å². The number of hydrogen-bond donors (Lipinski definition) is 1. The van der Waals surface area contributed by atoms with Gasteiger partial charge in [-0.1, -0.05) is 60.7 Å². The van der Waals surface area contributed by atoms with Gasteiger partial charge >= 0.3 is 0 Å². The van der Waals surface area contributed by atoms with Crippen molar-refractivity contribution in [3.63, 3.8) is 0 Å². The summed E-state index contributed by atoms with van der Waals surface area (Å²) in [5.74, 6) is 0.0468. The lowest BCUT2D eigenvalue weighted by Gasteiger charge is -2.34.